The van der Waals surface area contributed by atoms with Crippen molar-refractivity contribution < 1.29 is 4.79 Å². The van der Waals surface area contributed by atoms with Crippen LogP contribution in [-0.2, 0) is 11.2 Å². The number of carbonyl (C=O) groups excluding carboxylic acids is 1. The van der Waals surface area contributed by atoms with Gasteiger partial charge in [-0.2, -0.15) is 0 Å². The van der Waals surface area contributed by atoms with Crippen LogP contribution in [0.1, 0.15) is 25.8 Å². The van der Waals surface area contributed by atoms with Crippen LogP contribution in [0.3, 0.4) is 0 Å². The van der Waals surface area contributed by atoms with Crippen LogP contribution >= 0.6 is 11.6 Å². The molecule has 3 heteroatoms. The Kier molecular flexibility index (Phi) is 5.63. The zero-order valence-corrected chi connectivity index (χ0v) is 13.4. The van der Waals surface area contributed by atoms with Gasteiger partial charge in [-0.25, -0.2) is 0 Å². The lowest BCUT2D eigenvalue weighted by molar-refractivity contribution is -0.121. The van der Waals surface area contributed by atoms with Gasteiger partial charge in [0, 0.05) is 11.9 Å². The number of fused-ring (bicyclic) bond motifs is 1. The molecule has 0 aliphatic carbocycles. The van der Waals surface area contributed by atoms with Crippen LogP contribution < -0.4 is 5.32 Å². The Balaban J connectivity index is 2.11. The molecule has 2 nitrogen and oxygen atoms in total. The minimum Gasteiger partial charge on any atom is -0.353 e. The first-order valence-corrected chi connectivity index (χ1v) is 7.97. The molecule has 0 bridgehead atoms. The molecule has 1 N–H and O–H groups in total. The number of hydrogen-bond donors (Lipinski definition) is 1. The normalized spacial score (nSPS) is 12.6. The fourth-order valence-electron chi connectivity index (χ4n) is 2.57. The molecular weight excluding hydrogens is 282 g/mol. The summed E-state index contributed by atoms with van der Waals surface area (Å²) in [4.78, 5) is 12.3. The summed E-state index contributed by atoms with van der Waals surface area (Å²) < 4.78 is 0. The summed E-state index contributed by atoms with van der Waals surface area (Å²) in [5.41, 5.74) is 1.07. The average molecular weight is 304 g/mol. The zero-order valence-electron chi connectivity index (χ0n) is 12.6. The fraction of sp³-hybridized carbons (Fsp3) is 0.389. The second-order valence-corrected chi connectivity index (χ2v) is 6.09. The van der Waals surface area contributed by atoms with Crippen LogP contribution in [0.15, 0.2) is 42.5 Å². The molecule has 0 aliphatic rings. The molecule has 1 amide bonds. The van der Waals surface area contributed by atoms with Crippen LogP contribution in [0, 0.1) is 5.92 Å². The van der Waals surface area contributed by atoms with E-state index in [4.69, 9.17) is 11.6 Å². The van der Waals surface area contributed by atoms with Gasteiger partial charge in [0.15, 0.2) is 0 Å². The average Bonchev–Trinajstić information content (AvgIpc) is 2.47. The topological polar surface area (TPSA) is 29.1 Å². The van der Waals surface area contributed by atoms with Gasteiger partial charge < -0.3 is 5.32 Å². The van der Waals surface area contributed by atoms with Gasteiger partial charge in [0.2, 0.25) is 5.91 Å². The van der Waals surface area contributed by atoms with Gasteiger partial charge in [-0.05, 0) is 28.7 Å². The number of rotatable bonds is 6. The van der Waals surface area contributed by atoms with Gasteiger partial charge >= 0.3 is 0 Å². The number of halogens is 1. The van der Waals surface area contributed by atoms with Gasteiger partial charge in [0.1, 0.15) is 0 Å². The number of nitrogens with one attached hydrogen (secondary N) is 1. The van der Waals surface area contributed by atoms with E-state index in [0.717, 1.165) is 17.4 Å². The molecule has 0 aromatic heterocycles. The SMILES string of the molecule is CC(C)C(CCCl)NC(=O)Cc1cccc2ccccc12. The first-order valence-electron chi connectivity index (χ1n) is 7.43. The van der Waals surface area contributed by atoms with Crippen LogP contribution in [0.25, 0.3) is 10.8 Å². The first-order chi connectivity index (χ1) is 10.1. The van der Waals surface area contributed by atoms with E-state index in [2.05, 4.69) is 37.4 Å². The van der Waals surface area contributed by atoms with Crippen molar-refractivity contribution in [1.82, 2.24) is 5.32 Å². The molecule has 2 rings (SSSR count). The van der Waals surface area contributed by atoms with Crippen molar-refractivity contribution in [3.05, 3.63) is 48.0 Å². The van der Waals surface area contributed by atoms with Crippen LogP contribution in [0.2, 0.25) is 0 Å². The monoisotopic (exact) mass is 303 g/mol. The van der Waals surface area contributed by atoms with Crippen LogP contribution in [0.5, 0.6) is 0 Å². The van der Waals surface area contributed by atoms with E-state index >= 15 is 0 Å². The quantitative estimate of drug-likeness (QED) is 0.798. The molecule has 0 saturated carbocycles. The van der Waals surface area contributed by atoms with Crippen molar-refractivity contribution in [2.45, 2.75) is 32.7 Å². The third-order valence-corrected chi connectivity index (χ3v) is 4.02. The van der Waals surface area contributed by atoms with E-state index in [0.29, 0.717) is 18.2 Å². The highest BCUT2D eigenvalue weighted by Crippen LogP contribution is 2.19. The number of amides is 1. The minimum absolute atomic E-state index is 0.0650. The standard InChI is InChI=1S/C18H22ClNO/c1-13(2)17(10-11-19)20-18(21)12-15-8-5-7-14-6-3-4-9-16(14)15/h3-9,13,17H,10-12H2,1-2H3,(H,20,21). The summed E-state index contributed by atoms with van der Waals surface area (Å²) in [5.74, 6) is 1.02. The fourth-order valence-corrected chi connectivity index (χ4v) is 2.80. The Hall–Kier alpha value is -1.54. The number of hydrogen-bond acceptors (Lipinski definition) is 1. The predicted molar refractivity (Wildman–Crippen MR) is 89.8 cm³/mol. The lowest BCUT2D eigenvalue weighted by Gasteiger charge is -2.21. The van der Waals surface area contributed by atoms with E-state index in [1.807, 2.05) is 24.3 Å². The highest BCUT2D eigenvalue weighted by Gasteiger charge is 2.16. The van der Waals surface area contributed by atoms with Gasteiger partial charge in [-0.1, -0.05) is 56.3 Å². The van der Waals surface area contributed by atoms with Gasteiger partial charge in [-0.15, -0.1) is 11.6 Å². The lowest BCUT2D eigenvalue weighted by Crippen LogP contribution is -2.39. The third kappa shape index (κ3) is 4.21. The van der Waals surface area contributed by atoms with Crippen molar-refractivity contribution in [3.63, 3.8) is 0 Å². The van der Waals surface area contributed by atoms with Crippen molar-refractivity contribution in [2.75, 3.05) is 5.88 Å². The Morgan fingerprint density at radius 3 is 2.57 bits per heavy atom. The van der Waals surface area contributed by atoms with Crippen molar-refractivity contribution >= 4 is 28.3 Å². The molecule has 1 atom stereocenters. The number of carbonyl (C=O) groups is 1. The molecule has 0 heterocycles. The Morgan fingerprint density at radius 2 is 1.86 bits per heavy atom. The Morgan fingerprint density at radius 1 is 1.14 bits per heavy atom. The third-order valence-electron chi connectivity index (χ3n) is 3.80. The molecule has 0 aliphatic heterocycles. The maximum absolute atomic E-state index is 12.3. The molecule has 2 aromatic rings. The van der Waals surface area contributed by atoms with E-state index in [9.17, 15) is 4.79 Å². The molecule has 0 fully saturated rings. The summed E-state index contributed by atoms with van der Waals surface area (Å²) >= 11 is 5.81. The van der Waals surface area contributed by atoms with Crippen molar-refractivity contribution in [3.8, 4) is 0 Å². The molecular formula is C18H22ClNO. The van der Waals surface area contributed by atoms with E-state index in [1.165, 1.54) is 5.39 Å². The molecule has 1 unspecified atom stereocenters. The number of alkyl halides is 1. The largest absolute Gasteiger partial charge is 0.353 e. The summed E-state index contributed by atoms with van der Waals surface area (Å²) in [5, 5.41) is 5.42. The molecule has 2 aromatic carbocycles. The first kappa shape index (κ1) is 15.8. The summed E-state index contributed by atoms with van der Waals surface area (Å²) in [6.07, 6.45) is 1.22. The van der Waals surface area contributed by atoms with E-state index in [-0.39, 0.29) is 11.9 Å². The summed E-state index contributed by atoms with van der Waals surface area (Å²) in [6, 6.07) is 14.4. The highest BCUT2D eigenvalue weighted by atomic mass is 35.5. The molecule has 21 heavy (non-hydrogen) atoms. The molecule has 0 radical (unpaired) electrons. The zero-order chi connectivity index (χ0) is 15.2. The van der Waals surface area contributed by atoms with Crippen LogP contribution in [-0.4, -0.2) is 17.8 Å². The smallest absolute Gasteiger partial charge is 0.224 e. The minimum atomic E-state index is 0.0650. The van der Waals surface area contributed by atoms with E-state index < -0.39 is 0 Å². The van der Waals surface area contributed by atoms with Gasteiger partial charge in [-0.3, -0.25) is 4.79 Å². The molecule has 0 saturated heterocycles. The lowest BCUT2D eigenvalue weighted by atomic mass is 9.99. The summed E-state index contributed by atoms with van der Waals surface area (Å²) in [6.45, 7) is 4.21. The van der Waals surface area contributed by atoms with E-state index in [1.54, 1.807) is 0 Å². The molecule has 112 valence electrons. The van der Waals surface area contributed by atoms with Gasteiger partial charge in [0.05, 0.1) is 6.42 Å². The Labute approximate surface area is 131 Å². The van der Waals surface area contributed by atoms with Crippen molar-refractivity contribution in [1.29, 1.82) is 0 Å². The Bertz CT molecular complexity index is 604. The summed E-state index contributed by atoms with van der Waals surface area (Å²) in [7, 11) is 0. The van der Waals surface area contributed by atoms with Gasteiger partial charge in [0.25, 0.3) is 0 Å². The maximum atomic E-state index is 12.3. The van der Waals surface area contributed by atoms with Crippen LogP contribution in [0.4, 0.5) is 0 Å². The van der Waals surface area contributed by atoms with Crippen molar-refractivity contribution in [2.24, 2.45) is 5.92 Å². The highest BCUT2D eigenvalue weighted by molar-refractivity contribution is 6.17. The number of benzene rings is 2. The molecule has 0 spiro atoms. The second-order valence-electron chi connectivity index (χ2n) is 5.71. The maximum Gasteiger partial charge on any atom is 0.224 e. The second kappa shape index (κ2) is 7.46. The predicted octanol–water partition coefficient (Wildman–Crippen LogP) is 4.15.